The van der Waals surface area contributed by atoms with E-state index in [2.05, 4.69) is 10.4 Å². The SMILES string of the molecule is CC(C)OC(=O)c1c2cc(NC(=O)c3cc(F)cc(C(F)(F)F)c3)ccc2nn1C(C)C. The van der Waals surface area contributed by atoms with E-state index in [1.54, 1.807) is 19.9 Å². The molecule has 0 aliphatic rings. The Morgan fingerprint density at radius 2 is 1.75 bits per heavy atom. The fourth-order valence-corrected chi connectivity index (χ4v) is 3.11. The van der Waals surface area contributed by atoms with Gasteiger partial charge in [0.1, 0.15) is 5.82 Å². The highest BCUT2D eigenvalue weighted by Gasteiger charge is 2.32. The molecule has 0 aliphatic heterocycles. The van der Waals surface area contributed by atoms with Gasteiger partial charge in [0.15, 0.2) is 5.69 Å². The standard InChI is InChI=1S/C22H21F4N3O3/c1-11(2)29-19(21(31)32-12(3)4)17-10-16(5-6-18(17)28-29)27-20(30)13-7-14(22(24,25)26)9-15(23)8-13/h5-12H,1-4H3,(H,27,30). The number of anilines is 1. The summed E-state index contributed by atoms with van der Waals surface area (Å²) in [7, 11) is 0. The van der Waals surface area contributed by atoms with Crippen molar-refractivity contribution < 1.29 is 31.9 Å². The monoisotopic (exact) mass is 451 g/mol. The van der Waals surface area contributed by atoms with Gasteiger partial charge < -0.3 is 10.1 Å². The Bertz CT molecular complexity index is 1180. The van der Waals surface area contributed by atoms with Gasteiger partial charge in [-0.05, 0) is 64.1 Å². The third-order valence-electron chi connectivity index (χ3n) is 4.47. The maximum atomic E-state index is 13.6. The molecule has 0 saturated carbocycles. The normalized spacial score (nSPS) is 11.9. The molecule has 0 unspecified atom stereocenters. The molecule has 10 heteroatoms. The van der Waals surface area contributed by atoms with Crippen molar-refractivity contribution in [3.63, 3.8) is 0 Å². The molecule has 1 amide bonds. The molecule has 6 nitrogen and oxygen atoms in total. The Morgan fingerprint density at radius 1 is 1.06 bits per heavy atom. The Balaban J connectivity index is 1.99. The van der Waals surface area contributed by atoms with Gasteiger partial charge in [-0.15, -0.1) is 0 Å². The van der Waals surface area contributed by atoms with E-state index in [0.29, 0.717) is 29.1 Å². The molecule has 3 rings (SSSR count). The number of fused-ring (bicyclic) bond motifs is 1. The van der Waals surface area contributed by atoms with Crippen LogP contribution >= 0.6 is 0 Å². The first kappa shape index (κ1) is 23.2. The molecule has 0 radical (unpaired) electrons. The largest absolute Gasteiger partial charge is 0.458 e. The number of benzene rings is 2. The second-order valence-electron chi connectivity index (χ2n) is 7.75. The molecule has 32 heavy (non-hydrogen) atoms. The van der Waals surface area contributed by atoms with E-state index >= 15 is 0 Å². The highest BCUT2D eigenvalue weighted by molar-refractivity contribution is 6.07. The zero-order valence-corrected chi connectivity index (χ0v) is 17.7. The Labute approximate surface area is 181 Å². The number of rotatable bonds is 5. The van der Waals surface area contributed by atoms with Crippen LogP contribution in [-0.2, 0) is 10.9 Å². The minimum atomic E-state index is -4.80. The molecule has 0 fully saturated rings. The minimum absolute atomic E-state index is 0.164. The molecule has 3 aromatic rings. The number of nitrogens with zero attached hydrogens (tertiary/aromatic N) is 2. The van der Waals surface area contributed by atoms with Crippen molar-refractivity contribution >= 4 is 28.5 Å². The number of aromatic nitrogens is 2. The number of hydrogen-bond acceptors (Lipinski definition) is 4. The summed E-state index contributed by atoms with van der Waals surface area (Å²) < 4.78 is 59.3. The van der Waals surface area contributed by atoms with Crippen molar-refractivity contribution in [1.82, 2.24) is 9.78 Å². The number of hydrogen-bond donors (Lipinski definition) is 1. The molecule has 0 bridgehead atoms. The summed E-state index contributed by atoms with van der Waals surface area (Å²) in [5.41, 5.74) is -0.908. The molecule has 2 aromatic carbocycles. The maximum Gasteiger partial charge on any atom is 0.416 e. The lowest BCUT2D eigenvalue weighted by Gasteiger charge is -2.13. The van der Waals surface area contributed by atoms with Crippen LogP contribution in [-0.4, -0.2) is 27.8 Å². The van der Waals surface area contributed by atoms with Crippen LogP contribution < -0.4 is 5.32 Å². The fraction of sp³-hybridized carbons (Fsp3) is 0.318. The maximum absolute atomic E-state index is 13.6. The van der Waals surface area contributed by atoms with Crippen molar-refractivity contribution in [2.75, 3.05) is 5.32 Å². The first-order chi connectivity index (χ1) is 14.9. The van der Waals surface area contributed by atoms with Crippen LogP contribution in [0.15, 0.2) is 36.4 Å². The van der Waals surface area contributed by atoms with Crippen LogP contribution in [0.3, 0.4) is 0 Å². The molecular formula is C22H21F4N3O3. The molecule has 1 aromatic heterocycles. The second kappa shape index (κ2) is 8.60. The fourth-order valence-electron chi connectivity index (χ4n) is 3.11. The van der Waals surface area contributed by atoms with Crippen LogP contribution in [0.5, 0.6) is 0 Å². The summed E-state index contributed by atoms with van der Waals surface area (Å²) in [6.45, 7) is 7.08. The van der Waals surface area contributed by atoms with E-state index < -0.39 is 35.0 Å². The van der Waals surface area contributed by atoms with Gasteiger partial charge in [-0.1, -0.05) is 0 Å². The molecule has 0 atom stereocenters. The quantitative estimate of drug-likeness (QED) is 0.405. The third kappa shape index (κ3) is 4.90. The van der Waals surface area contributed by atoms with Gasteiger partial charge in [-0.2, -0.15) is 18.3 Å². The predicted octanol–water partition coefficient (Wildman–Crippen LogP) is 5.59. The second-order valence-corrected chi connectivity index (χ2v) is 7.75. The van der Waals surface area contributed by atoms with Crippen LogP contribution in [0, 0.1) is 5.82 Å². The summed E-state index contributed by atoms with van der Waals surface area (Å²) in [5, 5.41) is 7.24. The Kier molecular flexibility index (Phi) is 6.25. The lowest BCUT2D eigenvalue weighted by atomic mass is 10.1. The first-order valence-electron chi connectivity index (χ1n) is 9.79. The van der Waals surface area contributed by atoms with Gasteiger partial charge in [-0.3, -0.25) is 9.48 Å². The van der Waals surface area contributed by atoms with Gasteiger partial charge in [0.25, 0.3) is 5.91 Å². The topological polar surface area (TPSA) is 73.2 Å². The summed E-state index contributed by atoms with van der Waals surface area (Å²) in [5.74, 6) is -2.71. The van der Waals surface area contributed by atoms with Crippen LogP contribution in [0.25, 0.3) is 10.9 Å². The zero-order chi connectivity index (χ0) is 23.8. The average molecular weight is 451 g/mol. The summed E-state index contributed by atoms with van der Waals surface area (Å²) >= 11 is 0. The predicted molar refractivity (Wildman–Crippen MR) is 110 cm³/mol. The molecule has 1 N–H and O–H groups in total. The van der Waals surface area contributed by atoms with Crippen molar-refractivity contribution in [3.05, 3.63) is 59.0 Å². The molecule has 0 aliphatic carbocycles. The Morgan fingerprint density at radius 3 is 2.34 bits per heavy atom. The third-order valence-corrected chi connectivity index (χ3v) is 4.47. The van der Waals surface area contributed by atoms with Crippen LogP contribution in [0.1, 0.15) is 60.1 Å². The number of amides is 1. The van der Waals surface area contributed by atoms with E-state index in [9.17, 15) is 27.2 Å². The number of alkyl halides is 3. The molecule has 170 valence electrons. The number of halogens is 4. The van der Waals surface area contributed by atoms with Crippen molar-refractivity contribution in [2.24, 2.45) is 0 Å². The van der Waals surface area contributed by atoms with E-state index in [-0.39, 0.29) is 23.5 Å². The molecular weight excluding hydrogens is 430 g/mol. The number of ether oxygens (including phenoxy) is 1. The molecule has 0 spiro atoms. The highest BCUT2D eigenvalue weighted by Crippen LogP contribution is 2.31. The Hall–Kier alpha value is -3.43. The number of carbonyl (C=O) groups excluding carboxylic acids is 2. The summed E-state index contributed by atoms with van der Waals surface area (Å²) in [4.78, 5) is 25.2. The minimum Gasteiger partial charge on any atom is -0.458 e. The van der Waals surface area contributed by atoms with Gasteiger partial charge in [0.2, 0.25) is 0 Å². The van der Waals surface area contributed by atoms with Crippen molar-refractivity contribution in [1.29, 1.82) is 0 Å². The molecule has 0 saturated heterocycles. The van der Waals surface area contributed by atoms with E-state index in [0.717, 1.165) is 0 Å². The number of esters is 1. The zero-order valence-electron chi connectivity index (χ0n) is 17.7. The molecule has 1 heterocycles. The lowest BCUT2D eigenvalue weighted by Crippen LogP contribution is -2.18. The van der Waals surface area contributed by atoms with Gasteiger partial charge in [-0.25, -0.2) is 9.18 Å². The van der Waals surface area contributed by atoms with E-state index in [1.165, 1.54) is 16.8 Å². The summed E-state index contributed by atoms with van der Waals surface area (Å²) in [6, 6.07) is 5.95. The summed E-state index contributed by atoms with van der Waals surface area (Å²) in [6.07, 6.45) is -5.17. The van der Waals surface area contributed by atoms with Crippen LogP contribution in [0.4, 0.5) is 23.2 Å². The van der Waals surface area contributed by atoms with Crippen molar-refractivity contribution in [2.45, 2.75) is 46.0 Å². The van der Waals surface area contributed by atoms with E-state index in [1.807, 2.05) is 13.8 Å². The smallest absolute Gasteiger partial charge is 0.416 e. The number of nitrogens with one attached hydrogen (secondary N) is 1. The van der Waals surface area contributed by atoms with Crippen molar-refractivity contribution in [3.8, 4) is 0 Å². The highest BCUT2D eigenvalue weighted by atomic mass is 19.4. The first-order valence-corrected chi connectivity index (χ1v) is 9.79. The van der Waals surface area contributed by atoms with Crippen LogP contribution in [0.2, 0.25) is 0 Å². The average Bonchev–Trinajstić information content (AvgIpc) is 3.05. The van der Waals surface area contributed by atoms with Gasteiger partial charge in [0.05, 0.1) is 17.2 Å². The van der Waals surface area contributed by atoms with Gasteiger partial charge >= 0.3 is 12.1 Å². The lowest BCUT2D eigenvalue weighted by molar-refractivity contribution is -0.137. The van der Waals surface area contributed by atoms with Gasteiger partial charge in [0, 0.05) is 22.7 Å². The van der Waals surface area contributed by atoms with E-state index in [4.69, 9.17) is 4.74 Å². The number of carbonyl (C=O) groups is 2.